The third kappa shape index (κ3) is 2.95. The molecule has 3 rings (SSSR count). The van der Waals surface area contributed by atoms with Crippen molar-refractivity contribution >= 4 is 57.0 Å². The van der Waals surface area contributed by atoms with Crippen molar-refractivity contribution in [2.24, 2.45) is 0 Å². The Morgan fingerprint density at radius 2 is 2.05 bits per heavy atom. The molecule has 1 radical (unpaired) electrons. The van der Waals surface area contributed by atoms with Crippen molar-refractivity contribution in [2.75, 3.05) is 5.73 Å². The molecule has 0 aliphatic heterocycles. The second-order valence-corrected chi connectivity index (χ2v) is 7.91. The first-order valence-electron chi connectivity index (χ1n) is 6.23. The molecule has 0 amide bonds. The zero-order valence-electron chi connectivity index (χ0n) is 10.9. The standard InChI is InChI=1S/C16H10AsBrN3/c18-12-3-1-2-11(6-12)17-16-10(8-19)9-21-15-5-4-13(20)7-14(15)16/h1-7,9H,20H2. The average molecular weight is 399 g/mol. The molecule has 0 saturated heterocycles. The Bertz CT molecular complexity index is 871. The zero-order valence-corrected chi connectivity index (χ0v) is 14.4. The molecule has 0 bridgehead atoms. The van der Waals surface area contributed by atoms with Crippen LogP contribution in [0.3, 0.4) is 0 Å². The normalized spacial score (nSPS) is 11.0. The van der Waals surface area contributed by atoms with Gasteiger partial charge in [-0.3, -0.25) is 0 Å². The quantitative estimate of drug-likeness (QED) is 0.531. The van der Waals surface area contributed by atoms with Crippen LogP contribution in [0.2, 0.25) is 0 Å². The molecule has 0 atom stereocenters. The van der Waals surface area contributed by atoms with Crippen LogP contribution in [0, 0.1) is 11.3 Å². The minimum atomic E-state index is -0.309. The van der Waals surface area contributed by atoms with Gasteiger partial charge in [-0.25, -0.2) is 0 Å². The van der Waals surface area contributed by atoms with Gasteiger partial charge in [-0.2, -0.15) is 0 Å². The van der Waals surface area contributed by atoms with E-state index in [4.69, 9.17) is 5.73 Å². The van der Waals surface area contributed by atoms with E-state index in [0.29, 0.717) is 11.3 Å². The summed E-state index contributed by atoms with van der Waals surface area (Å²) in [7, 11) is 0. The van der Waals surface area contributed by atoms with Gasteiger partial charge in [0.25, 0.3) is 0 Å². The number of pyridine rings is 1. The number of fused-ring (bicyclic) bond motifs is 1. The van der Waals surface area contributed by atoms with Gasteiger partial charge in [0.15, 0.2) is 0 Å². The molecule has 0 aliphatic rings. The number of nitrogens with zero attached hydrogens (tertiary/aromatic N) is 2. The van der Waals surface area contributed by atoms with Crippen molar-refractivity contribution in [3.8, 4) is 6.07 Å². The SMILES string of the molecule is N#Cc1cnc2ccc(N)cc2c1[As]c1cccc(Br)c1. The van der Waals surface area contributed by atoms with Crippen LogP contribution in [-0.2, 0) is 0 Å². The Balaban J connectivity index is 2.19. The Labute approximate surface area is 137 Å². The Morgan fingerprint density at radius 3 is 2.81 bits per heavy atom. The molecular weight excluding hydrogens is 389 g/mol. The number of nitrogens with two attached hydrogens (primary N) is 1. The number of aromatic nitrogens is 1. The second-order valence-electron chi connectivity index (χ2n) is 4.50. The van der Waals surface area contributed by atoms with Crippen molar-refractivity contribution in [1.29, 1.82) is 5.26 Å². The van der Waals surface area contributed by atoms with E-state index >= 15 is 0 Å². The number of halogens is 1. The van der Waals surface area contributed by atoms with Crippen molar-refractivity contribution in [3.63, 3.8) is 0 Å². The molecule has 0 unspecified atom stereocenters. The topological polar surface area (TPSA) is 62.7 Å². The van der Waals surface area contributed by atoms with E-state index in [2.05, 4.69) is 39.1 Å². The summed E-state index contributed by atoms with van der Waals surface area (Å²) in [5, 5.41) is 10.3. The molecular formula is C16H10AsBrN3. The monoisotopic (exact) mass is 398 g/mol. The second kappa shape index (κ2) is 5.89. The molecule has 3 aromatic rings. The van der Waals surface area contributed by atoms with Gasteiger partial charge in [0.2, 0.25) is 0 Å². The summed E-state index contributed by atoms with van der Waals surface area (Å²) in [5.74, 6) is 0. The molecule has 101 valence electrons. The van der Waals surface area contributed by atoms with Gasteiger partial charge in [0.05, 0.1) is 0 Å². The third-order valence-electron chi connectivity index (χ3n) is 3.03. The van der Waals surface area contributed by atoms with Crippen molar-refractivity contribution in [3.05, 3.63) is 58.7 Å². The predicted molar refractivity (Wildman–Crippen MR) is 90.0 cm³/mol. The molecule has 2 N–H and O–H groups in total. The molecule has 0 fully saturated rings. The van der Waals surface area contributed by atoms with Gasteiger partial charge < -0.3 is 0 Å². The maximum absolute atomic E-state index is 9.36. The van der Waals surface area contributed by atoms with Gasteiger partial charge in [0, 0.05) is 0 Å². The summed E-state index contributed by atoms with van der Waals surface area (Å²) in [4.78, 5) is 4.34. The summed E-state index contributed by atoms with van der Waals surface area (Å²) in [6, 6.07) is 16.1. The summed E-state index contributed by atoms with van der Waals surface area (Å²) >= 11 is 3.18. The Hall–Kier alpha value is -1.82. The van der Waals surface area contributed by atoms with E-state index < -0.39 is 0 Å². The van der Waals surface area contributed by atoms with E-state index in [1.165, 1.54) is 4.35 Å². The molecule has 5 heteroatoms. The maximum atomic E-state index is 9.36. The number of rotatable bonds is 2. The van der Waals surface area contributed by atoms with Gasteiger partial charge in [-0.1, -0.05) is 0 Å². The first-order chi connectivity index (χ1) is 10.2. The van der Waals surface area contributed by atoms with Gasteiger partial charge in [0.1, 0.15) is 0 Å². The van der Waals surface area contributed by atoms with Gasteiger partial charge >= 0.3 is 138 Å². The average Bonchev–Trinajstić information content (AvgIpc) is 2.48. The fraction of sp³-hybridized carbons (Fsp3) is 0. The van der Waals surface area contributed by atoms with Crippen LogP contribution in [0.4, 0.5) is 5.69 Å². The summed E-state index contributed by atoms with van der Waals surface area (Å²) in [6.07, 6.45) is 1.65. The molecule has 1 heterocycles. The number of nitrogen functional groups attached to an aromatic ring is 1. The van der Waals surface area contributed by atoms with Crippen molar-refractivity contribution in [1.82, 2.24) is 4.98 Å². The van der Waals surface area contributed by atoms with E-state index in [9.17, 15) is 5.26 Å². The van der Waals surface area contributed by atoms with Crippen LogP contribution >= 0.6 is 15.9 Å². The number of hydrogen-bond donors (Lipinski definition) is 1. The molecule has 3 nitrogen and oxygen atoms in total. The number of hydrogen-bond acceptors (Lipinski definition) is 3. The van der Waals surface area contributed by atoms with E-state index in [1.807, 2.05) is 30.3 Å². The van der Waals surface area contributed by atoms with Crippen molar-refractivity contribution < 1.29 is 0 Å². The molecule has 0 saturated carbocycles. The third-order valence-corrected chi connectivity index (χ3v) is 6.13. The molecule has 2 aromatic carbocycles. The van der Waals surface area contributed by atoms with Crippen LogP contribution in [0.1, 0.15) is 5.56 Å². The Morgan fingerprint density at radius 1 is 1.19 bits per heavy atom. The van der Waals surface area contributed by atoms with Gasteiger partial charge in [-0.15, -0.1) is 0 Å². The summed E-state index contributed by atoms with van der Waals surface area (Å²) in [6.45, 7) is 0. The van der Waals surface area contributed by atoms with E-state index in [1.54, 1.807) is 6.20 Å². The minimum absolute atomic E-state index is 0.309. The fourth-order valence-corrected chi connectivity index (χ4v) is 5.27. The first kappa shape index (κ1) is 14.1. The van der Waals surface area contributed by atoms with Crippen LogP contribution < -0.4 is 14.4 Å². The van der Waals surface area contributed by atoms with Crippen LogP contribution in [0.25, 0.3) is 10.9 Å². The first-order valence-corrected chi connectivity index (χ1v) is 8.90. The molecule has 21 heavy (non-hydrogen) atoms. The number of nitriles is 1. The number of benzene rings is 2. The molecule has 1 aromatic heterocycles. The van der Waals surface area contributed by atoms with Crippen LogP contribution in [-0.4, -0.2) is 20.7 Å². The van der Waals surface area contributed by atoms with Crippen LogP contribution in [0.5, 0.6) is 0 Å². The molecule has 0 aliphatic carbocycles. The zero-order chi connectivity index (χ0) is 14.8. The summed E-state index contributed by atoms with van der Waals surface area (Å²) < 4.78 is 3.34. The van der Waals surface area contributed by atoms with E-state index in [-0.39, 0.29) is 15.8 Å². The number of anilines is 1. The van der Waals surface area contributed by atoms with Crippen LogP contribution in [0.15, 0.2) is 53.1 Å². The van der Waals surface area contributed by atoms with Crippen molar-refractivity contribution in [2.45, 2.75) is 0 Å². The van der Waals surface area contributed by atoms with Gasteiger partial charge in [-0.05, 0) is 0 Å². The predicted octanol–water partition coefficient (Wildman–Crippen LogP) is 2.11. The fourth-order valence-electron chi connectivity index (χ4n) is 2.07. The molecule has 0 spiro atoms. The Kier molecular flexibility index (Phi) is 3.96. The summed E-state index contributed by atoms with van der Waals surface area (Å²) in [5.41, 5.74) is 8.10. The van der Waals surface area contributed by atoms with E-state index in [0.717, 1.165) is 19.7 Å².